The molecule has 0 unspecified atom stereocenters. The van der Waals surface area contributed by atoms with E-state index in [0.717, 1.165) is 0 Å². The molecule has 2 amide bonds. The van der Waals surface area contributed by atoms with Gasteiger partial charge in [-0.1, -0.05) is 0 Å². The van der Waals surface area contributed by atoms with Gasteiger partial charge in [-0.3, -0.25) is 9.59 Å². The van der Waals surface area contributed by atoms with E-state index in [1.807, 2.05) is 0 Å². The molecular weight excluding hydrogens is 344 g/mol. The van der Waals surface area contributed by atoms with E-state index < -0.39 is 29.5 Å². The molecule has 9 heteroatoms. The molecule has 9 nitrogen and oxygen atoms in total. The number of amides is 2. The van der Waals surface area contributed by atoms with Gasteiger partial charge in [0.15, 0.2) is 0 Å². The molecule has 0 radical (unpaired) electrons. The number of phenols is 1. The molecule has 1 aromatic carbocycles. The van der Waals surface area contributed by atoms with Crippen LogP contribution in [0.2, 0.25) is 0 Å². The number of phenolic OH excluding ortho intramolecular Hbond substituents is 1. The van der Waals surface area contributed by atoms with E-state index in [1.54, 1.807) is 0 Å². The summed E-state index contributed by atoms with van der Waals surface area (Å²) in [6, 6.07) is 4.74. The first-order valence-electron chi connectivity index (χ1n) is 7.91. The molecule has 0 bridgehead atoms. The van der Waals surface area contributed by atoms with Crippen LogP contribution < -0.4 is 16.3 Å². The topological polar surface area (TPSA) is 135 Å². The Morgan fingerprint density at radius 3 is 2.73 bits per heavy atom. The van der Waals surface area contributed by atoms with Crippen LogP contribution in [0.3, 0.4) is 0 Å². The molecule has 1 atom stereocenters. The second kappa shape index (κ2) is 7.26. The van der Waals surface area contributed by atoms with Crippen molar-refractivity contribution < 1.29 is 28.6 Å². The first kappa shape index (κ1) is 17.5. The molecule has 0 aliphatic carbocycles. The summed E-state index contributed by atoms with van der Waals surface area (Å²) in [4.78, 5) is 46.7. The van der Waals surface area contributed by atoms with Gasteiger partial charge in [0.1, 0.15) is 17.4 Å². The van der Waals surface area contributed by atoms with Gasteiger partial charge in [0.05, 0.1) is 19.6 Å². The molecule has 2 aromatic rings. The summed E-state index contributed by atoms with van der Waals surface area (Å²) in [6.07, 6.45) is 0.253. The summed E-state index contributed by atoms with van der Waals surface area (Å²) < 4.78 is 9.73. The van der Waals surface area contributed by atoms with E-state index in [0.29, 0.717) is 17.4 Å². The highest BCUT2D eigenvalue weighted by molar-refractivity contribution is 5.91. The minimum atomic E-state index is -0.685. The van der Waals surface area contributed by atoms with E-state index >= 15 is 0 Å². The maximum Gasteiger partial charge on any atom is 0.336 e. The van der Waals surface area contributed by atoms with Gasteiger partial charge in [-0.15, -0.1) is 0 Å². The lowest BCUT2D eigenvalue weighted by atomic mass is 10.1. The normalized spacial score (nSPS) is 16.3. The molecule has 136 valence electrons. The zero-order valence-corrected chi connectivity index (χ0v) is 13.6. The maximum absolute atomic E-state index is 12.1. The Morgan fingerprint density at radius 2 is 2.00 bits per heavy atom. The number of cyclic esters (lactones) is 1. The van der Waals surface area contributed by atoms with Gasteiger partial charge < -0.3 is 24.9 Å². The summed E-state index contributed by atoms with van der Waals surface area (Å²) in [7, 11) is 0. The molecule has 1 aromatic heterocycles. The molecule has 1 aliphatic rings. The van der Waals surface area contributed by atoms with Crippen molar-refractivity contribution in [3.05, 3.63) is 40.2 Å². The average Bonchev–Trinajstić information content (AvgIpc) is 2.97. The third-order valence-corrected chi connectivity index (χ3v) is 3.88. The fourth-order valence-corrected chi connectivity index (χ4v) is 2.65. The van der Waals surface area contributed by atoms with Gasteiger partial charge >= 0.3 is 11.6 Å². The summed E-state index contributed by atoms with van der Waals surface area (Å²) in [5.74, 6) is -1.54. The number of esters is 1. The lowest BCUT2D eigenvalue weighted by Crippen LogP contribution is -2.44. The Morgan fingerprint density at radius 1 is 1.19 bits per heavy atom. The number of hydrogen-bond donors (Lipinski definition) is 3. The van der Waals surface area contributed by atoms with Crippen molar-refractivity contribution >= 4 is 28.8 Å². The third-order valence-electron chi connectivity index (χ3n) is 3.88. The lowest BCUT2D eigenvalue weighted by molar-refractivity contribution is -0.141. The number of carbonyl (C=O) groups excluding carboxylic acids is 3. The van der Waals surface area contributed by atoms with Gasteiger partial charge in [-0.25, -0.2) is 9.59 Å². The Hall–Kier alpha value is -3.36. The van der Waals surface area contributed by atoms with Crippen molar-refractivity contribution in [1.82, 2.24) is 10.6 Å². The molecule has 1 fully saturated rings. The van der Waals surface area contributed by atoms with Crippen molar-refractivity contribution in [2.45, 2.75) is 18.9 Å². The first-order valence-corrected chi connectivity index (χ1v) is 7.91. The largest absolute Gasteiger partial charge is 0.508 e. The van der Waals surface area contributed by atoms with Crippen molar-refractivity contribution in [2.75, 3.05) is 13.2 Å². The molecule has 26 heavy (non-hydrogen) atoms. The van der Waals surface area contributed by atoms with Gasteiger partial charge in [0.2, 0.25) is 11.8 Å². The standard InChI is InChI=1S/C17H16N2O7/c20-10-1-2-11-9(6-16(23)26-13(11)7-10)5-14(21)18-8-15(22)19-12-3-4-25-17(12)24/h1-2,6-7,12,20H,3-5,8H2,(H,18,21)(H,19,22)/t12-/m0/s1. The zero-order valence-electron chi connectivity index (χ0n) is 13.6. The maximum atomic E-state index is 12.1. The highest BCUT2D eigenvalue weighted by Crippen LogP contribution is 2.22. The number of benzene rings is 1. The van der Waals surface area contributed by atoms with Crippen molar-refractivity contribution in [1.29, 1.82) is 0 Å². The third kappa shape index (κ3) is 4.00. The van der Waals surface area contributed by atoms with E-state index in [9.17, 15) is 24.3 Å². The fourth-order valence-electron chi connectivity index (χ4n) is 2.65. The highest BCUT2D eigenvalue weighted by Gasteiger charge is 2.27. The van der Waals surface area contributed by atoms with Crippen LogP contribution >= 0.6 is 0 Å². The quantitative estimate of drug-likeness (QED) is 0.487. The van der Waals surface area contributed by atoms with Crippen LogP contribution in [0.15, 0.2) is 33.5 Å². The number of nitrogens with one attached hydrogen (secondary N) is 2. The second-order valence-electron chi connectivity index (χ2n) is 5.80. The number of ether oxygens (including phenoxy) is 1. The number of rotatable bonds is 5. The lowest BCUT2D eigenvalue weighted by Gasteiger charge is -2.10. The average molecular weight is 360 g/mol. The minimum Gasteiger partial charge on any atom is -0.508 e. The molecule has 1 saturated heterocycles. The predicted octanol–water partition coefficient (Wildman–Crippen LogP) is -0.411. The van der Waals surface area contributed by atoms with Crippen LogP contribution in [-0.4, -0.2) is 42.1 Å². The van der Waals surface area contributed by atoms with E-state index in [1.165, 1.54) is 24.3 Å². The summed E-state index contributed by atoms with van der Waals surface area (Å²) in [5.41, 5.74) is -0.0743. The number of aromatic hydroxyl groups is 1. The summed E-state index contributed by atoms with van der Waals surface area (Å²) >= 11 is 0. The molecule has 0 saturated carbocycles. The van der Waals surface area contributed by atoms with Crippen molar-refractivity contribution in [3.8, 4) is 5.75 Å². The van der Waals surface area contributed by atoms with Crippen LogP contribution in [0.25, 0.3) is 11.0 Å². The molecule has 1 aliphatic heterocycles. The summed E-state index contributed by atoms with van der Waals surface area (Å²) in [6.45, 7) is -0.0435. The van der Waals surface area contributed by atoms with E-state index in [4.69, 9.17) is 9.15 Å². The van der Waals surface area contributed by atoms with Gasteiger partial charge in [-0.2, -0.15) is 0 Å². The Labute approximate surface area is 146 Å². The molecule has 3 rings (SSSR count). The number of fused-ring (bicyclic) bond motifs is 1. The van der Waals surface area contributed by atoms with Gasteiger partial charge in [0, 0.05) is 23.9 Å². The number of hydrogen-bond acceptors (Lipinski definition) is 7. The summed E-state index contributed by atoms with van der Waals surface area (Å²) in [5, 5.41) is 14.9. The minimum absolute atomic E-state index is 0.0654. The van der Waals surface area contributed by atoms with Gasteiger partial charge in [0.25, 0.3) is 0 Å². The SMILES string of the molecule is O=C(Cc1cc(=O)oc2cc(O)ccc12)NCC(=O)N[C@H]1CCOC1=O. The second-order valence-corrected chi connectivity index (χ2v) is 5.80. The fraction of sp³-hybridized carbons (Fsp3) is 0.294. The Bertz CT molecular complexity index is 934. The highest BCUT2D eigenvalue weighted by atomic mass is 16.5. The molecule has 0 spiro atoms. The van der Waals surface area contributed by atoms with Crippen LogP contribution in [0.5, 0.6) is 5.75 Å². The van der Waals surface area contributed by atoms with Crippen LogP contribution in [0.1, 0.15) is 12.0 Å². The molecule has 2 heterocycles. The molecular formula is C17H16N2O7. The van der Waals surface area contributed by atoms with Crippen LogP contribution in [-0.2, 0) is 25.5 Å². The Balaban J connectivity index is 1.61. The first-order chi connectivity index (χ1) is 12.4. The van der Waals surface area contributed by atoms with Crippen LogP contribution in [0.4, 0.5) is 0 Å². The zero-order chi connectivity index (χ0) is 18.7. The number of carbonyl (C=O) groups is 3. The molecule has 3 N–H and O–H groups in total. The Kier molecular flexibility index (Phi) is 4.87. The van der Waals surface area contributed by atoms with Crippen molar-refractivity contribution in [3.63, 3.8) is 0 Å². The predicted molar refractivity (Wildman–Crippen MR) is 88.4 cm³/mol. The smallest absolute Gasteiger partial charge is 0.336 e. The van der Waals surface area contributed by atoms with Gasteiger partial charge in [-0.05, 0) is 17.7 Å². The van der Waals surface area contributed by atoms with E-state index in [-0.39, 0.29) is 30.9 Å². The monoisotopic (exact) mass is 360 g/mol. The van der Waals surface area contributed by atoms with Crippen LogP contribution in [0, 0.1) is 0 Å². The van der Waals surface area contributed by atoms with E-state index in [2.05, 4.69) is 10.6 Å². The van der Waals surface area contributed by atoms with Crippen molar-refractivity contribution in [2.24, 2.45) is 0 Å².